The number of anilines is 1. The summed E-state index contributed by atoms with van der Waals surface area (Å²) in [4.78, 5) is 10.9. The first-order chi connectivity index (χ1) is 12.8. The summed E-state index contributed by atoms with van der Waals surface area (Å²) in [5.41, 5.74) is 2.74. The molecule has 0 amide bonds. The third kappa shape index (κ3) is 5.03. The van der Waals surface area contributed by atoms with Crippen LogP contribution in [0.2, 0.25) is 0 Å². The summed E-state index contributed by atoms with van der Waals surface area (Å²) in [6, 6.07) is 13.1. The topological polar surface area (TPSA) is 30.9 Å². The number of hydrogen-bond donors (Lipinski definition) is 1. The number of benzene rings is 1. The number of halogens is 1. The third-order valence-corrected chi connectivity index (χ3v) is 6.43. The summed E-state index contributed by atoms with van der Waals surface area (Å²) in [6.45, 7) is 5.57. The summed E-state index contributed by atoms with van der Waals surface area (Å²) >= 11 is 1.87. The lowest BCUT2D eigenvalue weighted by Gasteiger charge is -2.32. The molecule has 1 aromatic carbocycles. The van der Waals surface area contributed by atoms with E-state index >= 15 is 0 Å². The van der Waals surface area contributed by atoms with Gasteiger partial charge >= 0.3 is 0 Å². The quantitative estimate of drug-likeness (QED) is 0.391. The lowest BCUT2D eigenvalue weighted by molar-refractivity contribution is 0.179. The number of nitrogens with one attached hydrogen (secondary N) is 1. The summed E-state index contributed by atoms with van der Waals surface area (Å²) in [7, 11) is 1.90. The van der Waals surface area contributed by atoms with Crippen LogP contribution in [0.3, 0.4) is 0 Å². The Morgan fingerprint density at radius 1 is 1.15 bits per heavy atom. The zero-order valence-electron chi connectivity index (χ0n) is 15.9. The second kappa shape index (κ2) is 9.89. The first-order valence-electron chi connectivity index (χ1n) is 9.64. The van der Waals surface area contributed by atoms with E-state index in [0.29, 0.717) is 0 Å². The van der Waals surface area contributed by atoms with Crippen molar-refractivity contribution < 1.29 is 0 Å². The molecular weight excluding hydrogens is 467 g/mol. The molecule has 4 nitrogen and oxygen atoms in total. The van der Waals surface area contributed by atoms with Gasteiger partial charge in [-0.05, 0) is 61.3 Å². The highest BCUT2D eigenvalue weighted by Gasteiger charge is 2.24. The fourth-order valence-corrected chi connectivity index (χ4v) is 4.81. The lowest BCUT2D eigenvalue weighted by Crippen LogP contribution is -2.44. The zero-order chi connectivity index (χ0) is 17.8. The molecule has 0 unspecified atom stereocenters. The number of rotatable bonds is 4. The normalized spacial score (nSPS) is 18.3. The highest BCUT2D eigenvalue weighted by atomic mass is 127. The van der Waals surface area contributed by atoms with Crippen molar-refractivity contribution in [3.8, 4) is 0 Å². The maximum Gasteiger partial charge on any atom is 0.198 e. The van der Waals surface area contributed by atoms with Crippen molar-refractivity contribution in [1.82, 2.24) is 10.2 Å². The smallest absolute Gasteiger partial charge is 0.198 e. The Labute approximate surface area is 183 Å². The van der Waals surface area contributed by atoms with Gasteiger partial charge in [-0.25, -0.2) is 0 Å². The minimum absolute atomic E-state index is 0. The molecule has 3 heterocycles. The molecule has 2 aliphatic heterocycles. The number of para-hydroxylation sites is 1. The van der Waals surface area contributed by atoms with Gasteiger partial charge in [-0.15, -0.1) is 35.3 Å². The number of piperidine rings is 1. The van der Waals surface area contributed by atoms with Crippen molar-refractivity contribution in [2.45, 2.75) is 25.8 Å². The molecule has 0 atom stereocenters. The van der Waals surface area contributed by atoms with E-state index in [2.05, 4.69) is 61.9 Å². The van der Waals surface area contributed by atoms with E-state index in [1.54, 1.807) is 0 Å². The van der Waals surface area contributed by atoms with Crippen molar-refractivity contribution in [2.75, 3.05) is 38.1 Å². The Bertz CT molecular complexity index is 738. The Morgan fingerprint density at radius 3 is 2.70 bits per heavy atom. The fraction of sp³-hybridized carbons (Fsp3) is 0.476. The van der Waals surface area contributed by atoms with Crippen molar-refractivity contribution in [2.24, 2.45) is 10.9 Å². The van der Waals surface area contributed by atoms with Crippen LogP contribution in [-0.4, -0.2) is 44.1 Å². The number of guanidine groups is 1. The van der Waals surface area contributed by atoms with Crippen molar-refractivity contribution in [1.29, 1.82) is 0 Å². The number of likely N-dealkylation sites (tertiary alicyclic amines) is 1. The number of aliphatic imine (C=N–C) groups is 1. The number of thiophene rings is 1. The van der Waals surface area contributed by atoms with Crippen LogP contribution in [0.5, 0.6) is 0 Å². The van der Waals surface area contributed by atoms with Gasteiger partial charge in [-0.2, -0.15) is 0 Å². The highest BCUT2D eigenvalue weighted by molar-refractivity contribution is 14.0. The molecule has 1 fully saturated rings. The standard InChI is InChI=1S/C21H28N4S.HI/c1-22-21(25-13-10-18-5-2-3-7-20(18)25)23-15-17-8-11-24(12-9-17)16-19-6-4-14-26-19;/h2-7,14,17H,8-13,15-16H2,1H3,(H,22,23);1H. The maximum absolute atomic E-state index is 4.54. The van der Waals surface area contributed by atoms with Gasteiger partial charge < -0.3 is 10.2 Å². The van der Waals surface area contributed by atoms with Gasteiger partial charge in [-0.1, -0.05) is 24.3 Å². The molecule has 146 valence electrons. The van der Waals surface area contributed by atoms with E-state index in [9.17, 15) is 0 Å². The first kappa shape index (κ1) is 20.6. The molecule has 1 saturated heterocycles. The molecule has 2 aliphatic rings. The summed E-state index contributed by atoms with van der Waals surface area (Å²) in [6.07, 6.45) is 3.65. The predicted molar refractivity (Wildman–Crippen MR) is 127 cm³/mol. The van der Waals surface area contributed by atoms with Gasteiger partial charge in [0.05, 0.1) is 0 Å². The van der Waals surface area contributed by atoms with Gasteiger partial charge in [0.15, 0.2) is 5.96 Å². The average molecular weight is 496 g/mol. The van der Waals surface area contributed by atoms with E-state index in [1.807, 2.05) is 18.4 Å². The largest absolute Gasteiger partial charge is 0.356 e. The van der Waals surface area contributed by atoms with E-state index < -0.39 is 0 Å². The zero-order valence-corrected chi connectivity index (χ0v) is 19.1. The van der Waals surface area contributed by atoms with Crippen LogP contribution in [0.1, 0.15) is 23.3 Å². The maximum atomic E-state index is 4.54. The minimum Gasteiger partial charge on any atom is -0.356 e. The monoisotopic (exact) mass is 496 g/mol. The lowest BCUT2D eigenvalue weighted by atomic mass is 9.97. The van der Waals surface area contributed by atoms with Crippen LogP contribution in [0, 0.1) is 5.92 Å². The molecule has 0 aliphatic carbocycles. The van der Waals surface area contributed by atoms with Crippen LogP contribution in [0.15, 0.2) is 46.8 Å². The third-order valence-electron chi connectivity index (χ3n) is 5.57. The number of fused-ring (bicyclic) bond motifs is 1. The van der Waals surface area contributed by atoms with Gasteiger partial charge in [0.25, 0.3) is 0 Å². The molecule has 2 aromatic rings. The van der Waals surface area contributed by atoms with E-state index in [-0.39, 0.29) is 24.0 Å². The minimum atomic E-state index is 0. The molecule has 0 saturated carbocycles. The van der Waals surface area contributed by atoms with Gasteiger partial charge in [0, 0.05) is 37.2 Å². The molecule has 0 bridgehead atoms. The fourth-order valence-electron chi connectivity index (χ4n) is 4.06. The SMILES string of the molecule is CN=C(NCC1CCN(Cc2cccs2)CC1)N1CCc2ccccc21.I. The predicted octanol–water partition coefficient (Wildman–Crippen LogP) is 4.22. The average Bonchev–Trinajstić information content (AvgIpc) is 3.34. The Kier molecular flexibility index (Phi) is 7.55. The molecular formula is C21H29IN4S. The molecule has 1 aromatic heterocycles. The molecule has 0 radical (unpaired) electrons. The molecule has 27 heavy (non-hydrogen) atoms. The van der Waals surface area contributed by atoms with Crippen molar-refractivity contribution in [3.63, 3.8) is 0 Å². The van der Waals surface area contributed by atoms with Gasteiger partial charge in [-0.3, -0.25) is 9.89 Å². The highest BCUT2D eigenvalue weighted by Crippen LogP contribution is 2.27. The van der Waals surface area contributed by atoms with Crippen LogP contribution in [0.4, 0.5) is 5.69 Å². The van der Waals surface area contributed by atoms with Crippen LogP contribution in [0.25, 0.3) is 0 Å². The second-order valence-electron chi connectivity index (χ2n) is 7.26. The summed E-state index contributed by atoms with van der Waals surface area (Å²) in [5, 5.41) is 5.82. The van der Waals surface area contributed by atoms with E-state index in [4.69, 9.17) is 0 Å². The number of hydrogen-bond acceptors (Lipinski definition) is 3. The van der Waals surface area contributed by atoms with Gasteiger partial charge in [0.2, 0.25) is 0 Å². The Balaban J connectivity index is 0.00000210. The van der Waals surface area contributed by atoms with Crippen LogP contribution in [-0.2, 0) is 13.0 Å². The van der Waals surface area contributed by atoms with Crippen LogP contribution < -0.4 is 10.2 Å². The molecule has 1 N–H and O–H groups in total. The summed E-state index contributed by atoms with van der Waals surface area (Å²) < 4.78 is 0. The van der Waals surface area contributed by atoms with E-state index in [0.717, 1.165) is 37.9 Å². The molecule has 6 heteroatoms. The molecule has 0 spiro atoms. The van der Waals surface area contributed by atoms with Crippen LogP contribution >= 0.6 is 35.3 Å². The van der Waals surface area contributed by atoms with Crippen molar-refractivity contribution in [3.05, 3.63) is 52.2 Å². The van der Waals surface area contributed by atoms with Crippen molar-refractivity contribution >= 4 is 47.0 Å². The second-order valence-corrected chi connectivity index (χ2v) is 8.29. The Hall–Kier alpha value is -1.12. The van der Waals surface area contributed by atoms with E-state index in [1.165, 1.54) is 42.1 Å². The van der Waals surface area contributed by atoms with Gasteiger partial charge in [0.1, 0.15) is 0 Å². The Morgan fingerprint density at radius 2 is 1.96 bits per heavy atom. The molecule has 4 rings (SSSR count). The number of nitrogens with zero attached hydrogens (tertiary/aromatic N) is 3. The summed E-state index contributed by atoms with van der Waals surface area (Å²) in [5.74, 6) is 1.76. The first-order valence-corrected chi connectivity index (χ1v) is 10.5.